The van der Waals surface area contributed by atoms with Crippen LogP contribution in [-0.4, -0.2) is 34.8 Å². The molecule has 1 nitrogen and oxygen atoms in total. The molecule has 2 aromatic carbocycles. The quantitative estimate of drug-likeness (QED) is 0.520. The van der Waals surface area contributed by atoms with Crippen LogP contribution >= 0.6 is 0 Å². The van der Waals surface area contributed by atoms with Crippen molar-refractivity contribution in [3.63, 3.8) is 0 Å². The van der Waals surface area contributed by atoms with Gasteiger partial charge < -0.3 is 0 Å². The predicted octanol–water partition coefficient (Wildman–Crippen LogP) is 3.56. The first-order valence-corrected chi connectivity index (χ1v) is 18.0. The van der Waals surface area contributed by atoms with Crippen molar-refractivity contribution in [2.24, 2.45) is 0 Å². The SMILES string of the molecule is O=[C]CCC[Si](c1ccccc1)c1ccccc1.[CH3][Sn]([CH3])[CH3]. The molecule has 0 amide bonds. The van der Waals surface area contributed by atoms with Crippen molar-refractivity contribution < 1.29 is 4.79 Å². The molecule has 22 heavy (non-hydrogen) atoms. The monoisotopic (exact) mass is 417 g/mol. The topological polar surface area (TPSA) is 17.1 Å². The van der Waals surface area contributed by atoms with E-state index in [0.717, 1.165) is 12.5 Å². The molecule has 115 valence electrons. The Hall–Kier alpha value is -0.874. The molecule has 0 fully saturated rings. The molecule has 0 atom stereocenters. The van der Waals surface area contributed by atoms with E-state index in [4.69, 9.17) is 0 Å². The summed E-state index contributed by atoms with van der Waals surface area (Å²) in [6.07, 6.45) is 3.47. The molecule has 0 aliphatic carbocycles. The van der Waals surface area contributed by atoms with E-state index in [0.29, 0.717) is 6.42 Å². The summed E-state index contributed by atoms with van der Waals surface area (Å²) in [5.74, 6) is 0. The second-order valence-corrected chi connectivity index (χ2v) is 16.9. The molecule has 0 aliphatic rings. The van der Waals surface area contributed by atoms with Gasteiger partial charge in [-0.25, -0.2) is 0 Å². The van der Waals surface area contributed by atoms with Gasteiger partial charge in [-0.3, -0.25) is 4.79 Å². The van der Waals surface area contributed by atoms with E-state index in [-0.39, 0.29) is 0 Å². The van der Waals surface area contributed by atoms with Crippen LogP contribution in [0.5, 0.6) is 0 Å². The van der Waals surface area contributed by atoms with Gasteiger partial charge >= 0.3 is 34.6 Å². The first-order valence-electron chi connectivity index (χ1n) is 7.73. The van der Waals surface area contributed by atoms with E-state index in [1.807, 2.05) is 18.4 Å². The first-order chi connectivity index (χ1) is 10.6. The van der Waals surface area contributed by atoms with Crippen molar-refractivity contribution in [2.75, 3.05) is 0 Å². The molecule has 0 bridgehead atoms. The van der Waals surface area contributed by atoms with E-state index < -0.39 is 28.6 Å². The minimum atomic E-state index is -0.751. The number of unbranched alkanes of at least 4 members (excludes halogenated alkanes) is 1. The maximum atomic E-state index is 10.3. The number of rotatable bonds is 6. The van der Waals surface area contributed by atoms with E-state index in [2.05, 4.69) is 63.3 Å². The van der Waals surface area contributed by atoms with E-state index in [1.165, 1.54) is 10.4 Å². The molecule has 0 saturated carbocycles. The Morgan fingerprint density at radius 1 is 0.864 bits per heavy atom. The van der Waals surface area contributed by atoms with E-state index >= 15 is 0 Å². The average molecular weight is 416 g/mol. The molecule has 0 unspecified atom stereocenters. The number of hydrogen-bond donors (Lipinski definition) is 0. The van der Waals surface area contributed by atoms with Crippen LogP contribution in [0, 0.1) is 0 Å². The zero-order valence-corrected chi connectivity index (χ0v) is 17.7. The molecule has 2 aromatic rings. The van der Waals surface area contributed by atoms with Gasteiger partial charge in [-0.2, -0.15) is 0 Å². The molecule has 2 rings (SSSR count). The average Bonchev–Trinajstić information content (AvgIpc) is 2.53. The van der Waals surface area contributed by atoms with Crippen LogP contribution in [0.2, 0.25) is 20.9 Å². The fourth-order valence-electron chi connectivity index (χ4n) is 2.07. The second kappa shape index (κ2) is 11.7. The zero-order valence-electron chi connectivity index (χ0n) is 13.8. The molecule has 0 spiro atoms. The molecular weight excluding hydrogens is 391 g/mol. The van der Waals surface area contributed by atoms with Crippen LogP contribution in [0.25, 0.3) is 0 Å². The molecule has 0 saturated heterocycles. The van der Waals surface area contributed by atoms with Gasteiger partial charge in [-0.1, -0.05) is 77.1 Å². The fourth-order valence-corrected chi connectivity index (χ4v) is 4.70. The fraction of sp³-hybridized carbons (Fsp3) is 0.316. The Balaban J connectivity index is 0.000000541. The van der Waals surface area contributed by atoms with Crippen molar-refractivity contribution in [3.05, 3.63) is 60.7 Å². The van der Waals surface area contributed by atoms with Crippen molar-refractivity contribution in [3.8, 4) is 0 Å². The van der Waals surface area contributed by atoms with Crippen LogP contribution in [0.1, 0.15) is 12.8 Å². The van der Waals surface area contributed by atoms with Gasteiger partial charge in [0.25, 0.3) is 0 Å². The summed E-state index contributed by atoms with van der Waals surface area (Å²) < 4.78 is 0. The Kier molecular flexibility index (Phi) is 10.2. The van der Waals surface area contributed by atoms with Crippen LogP contribution in [0.15, 0.2) is 60.7 Å². The predicted molar refractivity (Wildman–Crippen MR) is 101 cm³/mol. The standard InChI is InChI=1S/C16H16OSi.3CH3.Sn/c17-13-7-8-14-18(15-9-3-1-4-10-15)16-11-5-2-6-12-16;;;;/h1-6,9-12H,7-8,14H2;3*1H3;. The molecule has 3 heteroatoms. The van der Waals surface area contributed by atoms with Gasteiger partial charge in [0, 0.05) is 6.42 Å². The third-order valence-corrected chi connectivity index (χ3v) is 5.86. The first kappa shape index (κ1) is 19.2. The molecule has 0 heterocycles. The summed E-state index contributed by atoms with van der Waals surface area (Å²) in [5, 5.41) is 2.83. The zero-order chi connectivity index (χ0) is 16.2. The van der Waals surface area contributed by atoms with Crippen molar-refractivity contribution in [1.82, 2.24) is 0 Å². The summed E-state index contributed by atoms with van der Waals surface area (Å²) in [7, 11) is -0.751. The van der Waals surface area contributed by atoms with Gasteiger partial charge in [-0.15, -0.1) is 0 Å². The molecule has 0 N–H and O–H groups in total. The summed E-state index contributed by atoms with van der Waals surface area (Å²) in [4.78, 5) is 17.4. The second-order valence-electron chi connectivity index (χ2n) is 5.71. The van der Waals surface area contributed by atoms with Gasteiger partial charge in [0.15, 0.2) is 6.29 Å². The van der Waals surface area contributed by atoms with Gasteiger partial charge in [0.1, 0.15) is 8.80 Å². The Morgan fingerprint density at radius 2 is 1.27 bits per heavy atom. The van der Waals surface area contributed by atoms with Crippen LogP contribution in [-0.2, 0) is 4.79 Å². The molecule has 3 radical (unpaired) electrons. The Labute approximate surface area is 144 Å². The molecule has 0 aromatic heterocycles. The summed E-state index contributed by atoms with van der Waals surface area (Å²) >= 11 is -0.543. The van der Waals surface area contributed by atoms with Crippen LogP contribution in [0.4, 0.5) is 0 Å². The van der Waals surface area contributed by atoms with Crippen molar-refractivity contribution in [2.45, 2.75) is 33.7 Å². The Morgan fingerprint density at radius 3 is 1.64 bits per heavy atom. The summed E-state index contributed by atoms with van der Waals surface area (Å²) in [6, 6.07) is 22.4. The Bertz CT molecular complexity index is 471. The third kappa shape index (κ3) is 7.94. The van der Waals surface area contributed by atoms with Crippen molar-refractivity contribution in [1.29, 1.82) is 0 Å². The van der Waals surface area contributed by atoms with Gasteiger partial charge in [0.2, 0.25) is 0 Å². The van der Waals surface area contributed by atoms with Crippen LogP contribution in [0.3, 0.4) is 0 Å². The number of hydrogen-bond acceptors (Lipinski definition) is 1. The van der Waals surface area contributed by atoms with Gasteiger partial charge in [0.05, 0.1) is 0 Å². The van der Waals surface area contributed by atoms with Gasteiger partial charge in [-0.05, 0) is 6.42 Å². The van der Waals surface area contributed by atoms with E-state index in [9.17, 15) is 4.79 Å². The maximum absolute atomic E-state index is 10.3. The number of benzene rings is 2. The van der Waals surface area contributed by atoms with Crippen molar-refractivity contribution >= 4 is 45.2 Å². The van der Waals surface area contributed by atoms with E-state index in [1.54, 1.807) is 0 Å². The van der Waals surface area contributed by atoms with Crippen LogP contribution < -0.4 is 10.4 Å². The molecular formula is C19H25OSiSn. The number of carbonyl (C=O) groups excluding carboxylic acids is 1. The minimum absolute atomic E-state index is 0.543. The summed E-state index contributed by atoms with van der Waals surface area (Å²) in [5.41, 5.74) is 0. The normalized spacial score (nSPS) is 10.2. The third-order valence-electron chi connectivity index (χ3n) is 2.95. The molecule has 0 aliphatic heterocycles. The summed E-state index contributed by atoms with van der Waals surface area (Å²) in [6.45, 7) is 0.